The van der Waals surface area contributed by atoms with Gasteiger partial charge in [-0.3, -0.25) is 4.90 Å². The normalized spacial score (nSPS) is 23.8. The first-order valence-electron chi connectivity index (χ1n) is 11.4. The minimum Gasteiger partial charge on any atom is -0.417 e. The second-order valence-electron chi connectivity index (χ2n) is 10.7. The van der Waals surface area contributed by atoms with Crippen LogP contribution in [-0.2, 0) is 26.0 Å². The van der Waals surface area contributed by atoms with Crippen molar-refractivity contribution < 1.29 is 13.9 Å². The van der Waals surface area contributed by atoms with Gasteiger partial charge in [-0.25, -0.2) is 0 Å². The second kappa shape index (κ2) is 7.76. The molecular weight excluding hydrogens is 378 g/mol. The first kappa shape index (κ1) is 21.5. The Bertz CT molecular complexity index is 711. The van der Waals surface area contributed by atoms with Crippen molar-refractivity contribution in [2.75, 3.05) is 26.4 Å². The van der Waals surface area contributed by atoms with Crippen molar-refractivity contribution in [1.29, 1.82) is 0 Å². The SMILES string of the molecule is CC(C)(C)[Si](C)(C)OCCCN1Cc2ccccc2C12CCC1(CC2)OCCO1. The van der Waals surface area contributed by atoms with Crippen LogP contribution in [0, 0.1) is 0 Å². The van der Waals surface area contributed by atoms with Gasteiger partial charge in [0.15, 0.2) is 14.1 Å². The van der Waals surface area contributed by atoms with Gasteiger partial charge in [-0.15, -0.1) is 0 Å². The van der Waals surface area contributed by atoms with Crippen LogP contribution in [0.3, 0.4) is 0 Å². The molecular formula is C24H39NO3Si. The molecule has 1 saturated heterocycles. The monoisotopic (exact) mass is 417 g/mol. The van der Waals surface area contributed by atoms with Crippen LogP contribution >= 0.6 is 0 Å². The number of hydrogen-bond donors (Lipinski definition) is 0. The maximum absolute atomic E-state index is 6.45. The van der Waals surface area contributed by atoms with Gasteiger partial charge in [-0.05, 0) is 48.5 Å². The highest BCUT2D eigenvalue weighted by molar-refractivity contribution is 6.74. The fourth-order valence-corrected chi connectivity index (χ4v) is 6.24. The summed E-state index contributed by atoms with van der Waals surface area (Å²) in [6.07, 6.45) is 5.33. The molecule has 1 saturated carbocycles. The first-order chi connectivity index (χ1) is 13.7. The van der Waals surface area contributed by atoms with E-state index in [4.69, 9.17) is 13.9 Å². The molecule has 4 nitrogen and oxygen atoms in total. The highest BCUT2D eigenvalue weighted by Crippen LogP contribution is 2.52. The smallest absolute Gasteiger partial charge is 0.191 e. The van der Waals surface area contributed by atoms with Crippen LogP contribution < -0.4 is 0 Å². The molecule has 1 aromatic rings. The van der Waals surface area contributed by atoms with E-state index in [0.717, 1.165) is 65.0 Å². The van der Waals surface area contributed by atoms with Crippen molar-refractivity contribution in [2.24, 2.45) is 0 Å². The van der Waals surface area contributed by atoms with Crippen molar-refractivity contribution in [1.82, 2.24) is 4.90 Å². The Hall–Kier alpha value is -0.723. The number of fused-ring (bicyclic) bond motifs is 2. The molecule has 0 unspecified atom stereocenters. The predicted octanol–water partition coefficient (Wildman–Crippen LogP) is 5.43. The van der Waals surface area contributed by atoms with Gasteiger partial charge in [0.25, 0.3) is 0 Å². The highest BCUT2D eigenvalue weighted by Gasteiger charge is 2.52. The van der Waals surface area contributed by atoms with Crippen molar-refractivity contribution >= 4 is 8.32 Å². The third-order valence-corrected chi connectivity index (χ3v) is 12.5. The van der Waals surface area contributed by atoms with Crippen LogP contribution in [0.25, 0.3) is 0 Å². The largest absolute Gasteiger partial charge is 0.417 e. The standard InChI is InChI=1S/C24H39NO3Si/c1-22(2,3)29(4,5)28-16-8-15-25-19-20-9-6-7-10-21(20)23(25)11-13-24(14-12-23)26-17-18-27-24/h6-7,9-10H,8,11-19H2,1-5H3. The van der Waals surface area contributed by atoms with Crippen LogP contribution in [0.2, 0.25) is 18.1 Å². The van der Waals surface area contributed by atoms with E-state index < -0.39 is 8.32 Å². The number of benzene rings is 1. The number of nitrogens with zero attached hydrogens (tertiary/aromatic N) is 1. The summed E-state index contributed by atoms with van der Waals surface area (Å²) in [6.45, 7) is 16.2. The lowest BCUT2D eigenvalue weighted by atomic mass is 9.74. The maximum Gasteiger partial charge on any atom is 0.191 e. The van der Waals surface area contributed by atoms with Gasteiger partial charge in [0.05, 0.1) is 13.2 Å². The quantitative estimate of drug-likeness (QED) is 0.472. The highest BCUT2D eigenvalue weighted by atomic mass is 28.4. The van der Waals surface area contributed by atoms with Gasteiger partial charge >= 0.3 is 0 Å². The zero-order valence-electron chi connectivity index (χ0n) is 19.1. The fraction of sp³-hybridized carbons (Fsp3) is 0.750. The lowest BCUT2D eigenvalue weighted by Crippen LogP contribution is -2.49. The average Bonchev–Trinajstić information content (AvgIpc) is 3.24. The summed E-state index contributed by atoms with van der Waals surface area (Å²) in [5, 5.41) is 0.275. The van der Waals surface area contributed by atoms with Gasteiger partial charge in [0, 0.05) is 38.1 Å². The van der Waals surface area contributed by atoms with Gasteiger partial charge in [0.2, 0.25) is 0 Å². The summed E-state index contributed by atoms with van der Waals surface area (Å²) < 4.78 is 18.5. The van der Waals surface area contributed by atoms with Gasteiger partial charge in [-0.1, -0.05) is 45.0 Å². The van der Waals surface area contributed by atoms with E-state index in [-0.39, 0.29) is 16.4 Å². The van der Waals surface area contributed by atoms with E-state index in [1.54, 1.807) is 0 Å². The summed E-state index contributed by atoms with van der Waals surface area (Å²) in [4.78, 5) is 2.73. The van der Waals surface area contributed by atoms with Gasteiger partial charge < -0.3 is 13.9 Å². The van der Waals surface area contributed by atoms with E-state index in [2.05, 4.69) is 63.0 Å². The Kier molecular flexibility index (Phi) is 5.75. The topological polar surface area (TPSA) is 30.9 Å². The molecule has 162 valence electrons. The van der Waals surface area contributed by atoms with Crippen molar-refractivity contribution in [3.05, 3.63) is 35.4 Å². The van der Waals surface area contributed by atoms with E-state index in [9.17, 15) is 0 Å². The lowest BCUT2D eigenvalue weighted by molar-refractivity contribution is -0.195. The molecule has 0 N–H and O–H groups in total. The van der Waals surface area contributed by atoms with Crippen molar-refractivity contribution in [3.63, 3.8) is 0 Å². The summed E-state index contributed by atoms with van der Waals surface area (Å²) in [7, 11) is -1.67. The molecule has 2 spiro atoms. The molecule has 0 radical (unpaired) electrons. The minimum absolute atomic E-state index is 0.147. The molecule has 29 heavy (non-hydrogen) atoms. The molecule has 3 aliphatic rings. The lowest BCUT2D eigenvalue weighted by Gasteiger charge is -2.47. The van der Waals surface area contributed by atoms with E-state index in [1.807, 2.05) is 0 Å². The summed E-state index contributed by atoms with van der Waals surface area (Å²) in [5.74, 6) is -0.306. The van der Waals surface area contributed by atoms with Gasteiger partial charge in [-0.2, -0.15) is 0 Å². The molecule has 1 aliphatic carbocycles. The number of rotatable bonds is 5. The van der Waals surface area contributed by atoms with Crippen molar-refractivity contribution in [2.45, 2.75) is 88.9 Å². The fourth-order valence-electron chi connectivity index (χ4n) is 5.15. The molecule has 4 rings (SSSR count). The maximum atomic E-state index is 6.45. The van der Waals surface area contributed by atoms with Crippen LogP contribution in [0.5, 0.6) is 0 Å². The number of hydrogen-bond acceptors (Lipinski definition) is 4. The average molecular weight is 418 g/mol. The van der Waals surface area contributed by atoms with E-state index in [0.29, 0.717) is 0 Å². The Labute approximate surface area is 178 Å². The molecule has 2 fully saturated rings. The molecule has 5 heteroatoms. The third-order valence-electron chi connectivity index (χ3n) is 7.98. The zero-order valence-corrected chi connectivity index (χ0v) is 20.1. The number of ether oxygens (including phenoxy) is 2. The predicted molar refractivity (Wildman–Crippen MR) is 119 cm³/mol. The Morgan fingerprint density at radius 2 is 1.69 bits per heavy atom. The molecule has 0 bridgehead atoms. The first-order valence-corrected chi connectivity index (χ1v) is 14.3. The van der Waals surface area contributed by atoms with Crippen LogP contribution in [0.15, 0.2) is 24.3 Å². The molecule has 0 amide bonds. The minimum atomic E-state index is -1.67. The van der Waals surface area contributed by atoms with Crippen molar-refractivity contribution in [3.8, 4) is 0 Å². The molecule has 2 heterocycles. The van der Waals surface area contributed by atoms with E-state index >= 15 is 0 Å². The third kappa shape index (κ3) is 3.97. The summed E-state index contributed by atoms with van der Waals surface area (Å²) in [5.41, 5.74) is 3.19. The summed E-state index contributed by atoms with van der Waals surface area (Å²) in [6, 6.07) is 9.06. The molecule has 0 atom stereocenters. The summed E-state index contributed by atoms with van der Waals surface area (Å²) >= 11 is 0. The van der Waals surface area contributed by atoms with Crippen LogP contribution in [-0.4, -0.2) is 45.4 Å². The molecule has 2 aliphatic heterocycles. The molecule has 1 aromatic carbocycles. The Morgan fingerprint density at radius 3 is 2.34 bits per heavy atom. The zero-order chi connectivity index (χ0) is 20.8. The van der Waals surface area contributed by atoms with Crippen LogP contribution in [0.1, 0.15) is 64.0 Å². The van der Waals surface area contributed by atoms with Crippen LogP contribution in [0.4, 0.5) is 0 Å². The Balaban J connectivity index is 1.43. The van der Waals surface area contributed by atoms with Gasteiger partial charge in [0.1, 0.15) is 0 Å². The second-order valence-corrected chi connectivity index (χ2v) is 15.5. The van der Waals surface area contributed by atoms with E-state index in [1.165, 1.54) is 11.1 Å². The molecule has 0 aromatic heterocycles. The Morgan fingerprint density at radius 1 is 1.03 bits per heavy atom.